The topological polar surface area (TPSA) is 71.6 Å². The largest absolute Gasteiger partial charge is 0.497 e. The number of benzene rings is 2. The van der Waals surface area contributed by atoms with E-state index >= 15 is 0 Å². The Bertz CT molecular complexity index is 1080. The monoisotopic (exact) mass is 434 g/mol. The van der Waals surface area contributed by atoms with E-state index in [1.165, 1.54) is 0 Å². The number of ether oxygens (including phenoxy) is 2. The molecule has 3 aromatic rings. The number of aryl methyl sites for hydroxylation is 2. The molecular formula is C26H30N2O4. The number of nitrogens with one attached hydrogen (secondary N) is 1. The Hall–Kier alpha value is -3.54. The van der Waals surface area contributed by atoms with Gasteiger partial charge in [-0.3, -0.25) is 4.79 Å². The lowest BCUT2D eigenvalue weighted by Crippen LogP contribution is -2.30. The molecule has 0 aliphatic heterocycles. The second kappa shape index (κ2) is 10.2. The number of amides is 1. The molecule has 1 heterocycles. The van der Waals surface area contributed by atoms with E-state index in [0.717, 1.165) is 28.1 Å². The summed E-state index contributed by atoms with van der Waals surface area (Å²) in [6.07, 6.45) is 0. The van der Waals surface area contributed by atoms with Crippen molar-refractivity contribution < 1.29 is 19.1 Å². The molecule has 168 valence electrons. The predicted octanol–water partition coefficient (Wildman–Crippen LogP) is 4.97. The lowest BCUT2D eigenvalue weighted by Gasteiger charge is -2.23. The van der Waals surface area contributed by atoms with E-state index in [-0.39, 0.29) is 11.9 Å². The van der Waals surface area contributed by atoms with Crippen molar-refractivity contribution in [2.45, 2.75) is 40.8 Å². The Labute approximate surface area is 189 Å². The van der Waals surface area contributed by atoms with Crippen molar-refractivity contribution in [3.05, 3.63) is 87.7 Å². The fraction of sp³-hybridized carbons (Fsp3) is 0.308. The number of hydrogen-bond acceptors (Lipinski definition) is 4. The highest BCUT2D eigenvalue weighted by Crippen LogP contribution is 2.23. The smallest absolute Gasteiger partial charge is 0.340 e. The molecule has 1 N–H and O–H groups in total. The van der Waals surface area contributed by atoms with Crippen LogP contribution in [0.2, 0.25) is 0 Å². The van der Waals surface area contributed by atoms with Crippen molar-refractivity contribution in [2.75, 3.05) is 13.7 Å². The minimum atomic E-state index is -0.350. The second-order valence-electron chi connectivity index (χ2n) is 7.82. The number of carbonyl (C=O) groups excluding carboxylic acids is 2. The lowest BCUT2D eigenvalue weighted by atomic mass is 10.1. The molecule has 6 heteroatoms. The van der Waals surface area contributed by atoms with Crippen LogP contribution in [0.15, 0.2) is 48.5 Å². The predicted molar refractivity (Wildman–Crippen MR) is 124 cm³/mol. The van der Waals surface area contributed by atoms with Crippen LogP contribution in [0.4, 0.5) is 0 Å². The number of hydrogen-bond donors (Lipinski definition) is 1. The highest BCUT2D eigenvalue weighted by molar-refractivity contribution is 5.95. The van der Waals surface area contributed by atoms with Crippen LogP contribution in [0, 0.1) is 20.8 Å². The first-order valence-corrected chi connectivity index (χ1v) is 10.7. The first-order chi connectivity index (χ1) is 15.3. The van der Waals surface area contributed by atoms with Gasteiger partial charge in [-0.2, -0.15) is 0 Å². The molecule has 3 rings (SSSR count). The molecule has 0 spiro atoms. The highest BCUT2D eigenvalue weighted by atomic mass is 16.5. The van der Waals surface area contributed by atoms with E-state index in [1.807, 2.05) is 45.0 Å². The molecular weight excluding hydrogens is 404 g/mol. The molecule has 0 atom stereocenters. The zero-order valence-electron chi connectivity index (χ0n) is 19.3. The molecule has 32 heavy (non-hydrogen) atoms. The summed E-state index contributed by atoms with van der Waals surface area (Å²) in [6.45, 7) is 8.64. The summed E-state index contributed by atoms with van der Waals surface area (Å²) in [5.41, 5.74) is 5.67. The molecule has 2 aromatic carbocycles. The van der Waals surface area contributed by atoms with E-state index in [1.54, 1.807) is 43.2 Å². The van der Waals surface area contributed by atoms with Gasteiger partial charge < -0.3 is 19.4 Å². The lowest BCUT2D eigenvalue weighted by molar-refractivity contribution is 0.0525. The van der Waals surface area contributed by atoms with Crippen LogP contribution >= 0.6 is 0 Å². The molecule has 0 saturated heterocycles. The average molecular weight is 435 g/mol. The fourth-order valence-corrected chi connectivity index (χ4v) is 3.70. The van der Waals surface area contributed by atoms with E-state index in [9.17, 15) is 9.59 Å². The molecule has 0 saturated carbocycles. The molecule has 6 nitrogen and oxygen atoms in total. The fourth-order valence-electron chi connectivity index (χ4n) is 3.70. The molecule has 1 amide bonds. The number of rotatable bonds is 8. The maximum Gasteiger partial charge on any atom is 0.340 e. The van der Waals surface area contributed by atoms with Gasteiger partial charge in [-0.1, -0.05) is 29.8 Å². The Morgan fingerprint density at radius 3 is 2.19 bits per heavy atom. The van der Waals surface area contributed by atoms with Gasteiger partial charge in [0.2, 0.25) is 0 Å². The van der Waals surface area contributed by atoms with Crippen molar-refractivity contribution in [1.82, 2.24) is 9.88 Å². The van der Waals surface area contributed by atoms with E-state index in [2.05, 4.69) is 4.98 Å². The van der Waals surface area contributed by atoms with Gasteiger partial charge in [-0.15, -0.1) is 0 Å². The third kappa shape index (κ3) is 5.19. The van der Waals surface area contributed by atoms with Gasteiger partial charge in [0.1, 0.15) is 5.75 Å². The van der Waals surface area contributed by atoms with Crippen LogP contribution in [0.5, 0.6) is 5.75 Å². The number of H-pyrrole nitrogens is 1. The molecule has 0 fully saturated rings. The molecule has 0 aliphatic carbocycles. The zero-order chi connectivity index (χ0) is 23.3. The number of aromatic amines is 1. The zero-order valence-corrected chi connectivity index (χ0v) is 19.3. The molecule has 0 unspecified atom stereocenters. The first kappa shape index (κ1) is 23.1. The van der Waals surface area contributed by atoms with Gasteiger partial charge in [0, 0.05) is 23.5 Å². The third-order valence-electron chi connectivity index (χ3n) is 5.49. The summed E-state index contributed by atoms with van der Waals surface area (Å²) in [6, 6.07) is 15.2. The summed E-state index contributed by atoms with van der Waals surface area (Å²) in [4.78, 5) is 30.9. The SMILES string of the molecule is CCOC(=O)c1c(C)[nH]c(CN(Cc2ccc(C)cc2)C(=O)c2ccc(OC)cc2)c1C. The van der Waals surface area contributed by atoms with Crippen molar-refractivity contribution >= 4 is 11.9 Å². The van der Waals surface area contributed by atoms with Crippen LogP contribution in [0.1, 0.15) is 55.7 Å². The summed E-state index contributed by atoms with van der Waals surface area (Å²) in [5.74, 6) is 0.246. The van der Waals surface area contributed by atoms with Gasteiger partial charge in [0.05, 0.1) is 25.8 Å². The highest BCUT2D eigenvalue weighted by Gasteiger charge is 2.23. The minimum Gasteiger partial charge on any atom is -0.497 e. The van der Waals surface area contributed by atoms with Crippen LogP contribution < -0.4 is 4.74 Å². The molecule has 0 bridgehead atoms. The number of carbonyl (C=O) groups is 2. The van der Waals surface area contributed by atoms with Crippen LogP contribution in [0.25, 0.3) is 0 Å². The van der Waals surface area contributed by atoms with E-state index in [4.69, 9.17) is 9.47 Å². The number of nitrogens with zero attached hydrogens (tertiary/aromatic N) is 1. The van der Waals surface area contributed by atoms with Crippen molar-refractivity contribution in [2.24, 2.45) is 0 Å². The summed E-state index contributed by atoms with van der Waals surface area (Å²) in [7, 11) is 1.60. The standard InChI is InChI=1S/C26H30N2O4/c1-6-32-26(30)24-18(3)23(27-19(24)4)16-28(15-20-9-7-17(2)8-10-20)25(29)21-11-13-22(31-5)14-12-21/h7-14,27H,6,15-16H2,1-5H3. The van der Waals surface area contributed by atoms with Gasteiger partial charge in [0.15, 0.2) is 0 Å². The molecule has 1 aromatic heterocycles. The summed E-state index contributed by atoms with van der Waals surface area (Å²) < 4.78 is 10.4. The molecule has 0 radical (unpaired) electrons. The number of aromatic nitrogens is 1. The average Bonchev–Trinajstić information content (AvgIpc) is 3.07. The first-order valence-electron chi connectivity index (χ1n) is 10.7. The van der Waals surface area contributed by atoms with Crippen molar-refractivity contribution in [3.8, 4) is 5.75 Å². The maximum atomic E-state index is 13.4. The third-order valence-corrected chi connectivity index (χ3v) is 5.49. The Morgan fingerprint density at radius 2 is 1.59 bits per heavy atom. The van der Waals surface area contributed by atoms with Crippen LogP contribution in [-0.2, 0) is 17.8 Å². The number of methoxy groups -OCH3 is 1. The Kier molecular flexibility index (Phi) is 7.36. The molecule has 0 aliphatic rings. The van der Waals surface area contributed by atoms with Crippen LogP contribution in [0.3, 0.4) is 0 Å². The minimum absolute atomic E-state index is 0.0995. The Balaban J connectivity index is 1.93. The van der Waals surface area contributed by atoms with Gasteiger partial charge >= 0.3 is 5.97 Å². The van der Waals surface area contributed by atoms with Gasteiger partial charge in [0.25, 0.3) is 5.91 Å². The van der Waals surface area contributed by atoms with E-state index < -0.39 is 0 Å². The maximum absolute atomic E-state index is 13.4. The van der Waals surface area contributed by atoms with Gasteiger partial charge in [-0.25, -0.2) is 4.79 Å². The van der Waals surface area contributed by atoms with Crippen molar-refractivity contribution in [3.63, 3.8) is 0 Å². The Morgan fingerprint density at radius 1 is 0.938 bits per heavy atom. The summed E-state index contributed by atoms with van der Waals surface area (Å²) >= 11 is 0. The second-order valence-corrected chi connectivity index (χ2v) is 7.82. The quantitative estimate of drug-likeness (QED) is 0.508. The van der Waals surface area contributed by atoms with Crippen molar-refractivity contribution in [1.29, 1.82) is 0 Å². The van der Waals surface area contributed by atoms with E-state index in [0.29, 0.717) is 36.6 Å². The summed E-state index contributed by atoms with van der Waals surface area (Å²) in [5, 5.41) is 0. The normalized spacial score (nSPS) is 10.7. The number of esters is 1. The van der Waals surface area contributed by atoms with Crippen LogP contribution in [-0.4, -0.2) is 35.5 Å². The van der Waals surface area contributed by atoms with Gasteiger partial charge in [-0.05, 0) is 63.1 Å².